The summed E-state index contributed by atoms with van der Waals surface area (Å²) in [6, 6.07) is 6.05. The van der Waals surface area contributed by atoms with Gasteiger partial charge in [0, 0.05) is 28.5 Å². The van der Waals surface area contributed by atoms with Gasteiger partial charge < -0.3 is 0 Å². The number of hydrogen-bond acceptors (Lipinski definition) is 1. The topological polar surface area (TPSA) is 17.1 Å². The molecule has 74 valence electrons. The van der Waals surface area contributed by atoms with Crippen LogP contribution < -0.4 is 0 Å². The first kappa shape index (κ1) is 11.4. The van der Waals surface area contributed by atoms with Gasteiger partial charge in [0.05, 0.1) is 0 Å². The molecule has 1 aromatic rings. The smallest absolute Gasteiger partial charge is 0.199 e. The van der Waals surface area contributed by atoms with E-state index >= 15 is 0 Å². The van der Waals surface area contributed by atoms with Gasteiger partial charge >= 0.3 is 0 Å². The Morgan fingerprint density at radius 3 is 2.64 bits per heavy atom. The average Bonchev–Trinajstić information content (AvgIpc) is 2.16. The summed E-state index contributed by atoms with van der Waals surface area (Å²) in [6.45, 7) is 7.69. The number of hydrogen-bond donors (Lipinski definition) is 0. The molecule has 0 aliphatic carbocycles. The highest BCUT2D eigenvalue weighted by atomic mass is 127. The van der Waals surface area contributed by atoms with Gasteiger partial charge in [-0.2, -0.15) is 0 Å². The highest BCUT2D eigenvalue weighted by molar-refractivity contribution is 14.1. The molecule has 0 amide bonds. The van der Waals surface area contributed by atoms with Crippen molar-refractivity contribution in [3.8, 4) is 0 Å². The summed E-state index contributed by atoms with van der Waals surface area (Å²) in [4.78, 5) is 11.2. The molecular formula is C12H13IO. The molecule has 0 heterocycles. The molecule has 0 aliphatic rings. The minimum absolute atomic E-state index is 0.0202. The quantitative estimate of drug-likeness (QED) is 0.614. The molecule has 0 aromatic heterocycles. The standard InChI is InChI=1S/C12H13IO/c1-4-10-5-6-11(7-8(10)2)9(3)12(13)14/h4-7,9H,1H2,2-3H3/t9-/m0/s1. The molecule has 1 aromatic carbocycles. The van der Waals surface area contributed by atoms with Crippen LogP contribution in [0.25, 0.3) is 6.08 Å². The van der Waals surface area contributed by atoms with E-state index in [1.165, 1.54) is 5.56 Å². The normalized spacial score (nSPS) is 12.2. The van der Waals surface area contributed by atoms with Crippen LogP contribution >= 0.6 is 22.6 Å². The third-order valence-corrected chi connectivity index (χ3v) is 3.29. The summed E-state index contributed by atoms with van der Waals surface area (Å²) in [5.41, 5.74) is 3.37. The van der Waals surface area contributed by atoms with E-state index in [4.69, 9.17) is 0 Å². The van der Waals surface area contributed by atoms with Crippen molar-refractivity contribution < 1.29 is 4.79 Å². The Hall–Kier alpha value is -0.640. The van der Waals surface area contributed by atoms with Crippen LogP contribution in [-0.2, 0) is 4.79 Å². The summed E-state index contributed by atoms with van der Waals surface area (Å²) in [7, 11) is 0. The second-order valence-corrected chi connectivity index (χ2v) is 4.41. The lowest BCUT2D eigenvalue weighted by molar-refractivity contribution is -0.110. The SMILES string of the molecule is C=Cc1ccc([C@H](C)C(=O)I)cc1C. The van der Waals surface area contributed by atoms with Gasteiger partial charge in [0.25, 0.3) is 0 Å². The maximum Gasteiger partial charge on any atom is 0.199 e. The second kappa shape index (κ2) is 4.73. The molecule has 0 fully saturated rings. The Bertz CT molecular complexity index is 369. The predicted octanol–water partition coefficient (Wildman–Crippen LogP) is 3.70. The number of rotatable bonds is 3. The fraction of sp³-hybridized carbons (Fsp3) is 0.250. The van der Waals surface area contributed by atoms with E-state index in [9.17, 15) is 4.79 Å². The average molecular weight is 300 g/mol. The van der Waals surface area contributed by atoms with Gasteiger partial charge in [-0.15, -0.1) is 0 Å². The molecule has 0 spiro atoms. The van der Waals surface area contributed by atoms with Crippen LogP contribution in [0.4, 0.5) is 0 Å². The number of aryl methyl sites for hydroxylation is 1. The van der Waals surface area contributed by atoms with Gasteiger partial charge in [-0.25, -0.2) is 0 Å². The lowest BCUT2D eigenvalue weighted by atomic mass is 9.98. The molecule has 0 bridgehead atoms. The van der Waals surface area contributed by atoms with Crippen LogP contribution in [0.3, 0.4) is 0 Å². The van der Waals surface area contributed by atoms with Crippen LogP contribution in [0.15, 0.2) is 24.8 Å². The van der Waals surface area contributed by atoms with Crippen molar-refractivity contribution in [3.63, 3.8) is 0 Å². The lowest BCUT2D eigenvalue weighted by Gasteiger charge is -2.09. The Morgan fingerprint density at radius 1 is 1.57 bits per heavy atom. The van der Waals surface area contributed by atoms with Gasteiger partial charge in [-0.1, -0.05) is 37.8 Å². The summed E-state index contributed by atoms with van der Waals surface area (Å²) in [5, 5.41) is 0. The lowest BCUT2D eigenvalue weighted by Crippen LogP contribution is -2.01. The van der Waals surface area contributed by atoms with Crippen LogP contribution in [-0.4, -0.2) is 3.79 Å². The minimum Gasteiger partial charge on any atom is -0.287 e. The van der Waals surface area contributed by atoms with Crippen molar-refractivity contribution in [1.82, 2.24) is 0 Å². The van der Waals surface area contributed by atoms with Crippen molar-refractivity contribution >= 4 is 32.5 Å². The van der Waals surface area contributed by atoms with Crippen molar-refractivity contribution in [2.75, 3.05) is 0 Å². The molecule has 1 atom stereocenters. The van der Waals surface area contributed by atoms with E-state index in [0.29, 0.717) is 0 Å². The zero-order valence-corrected chi connectivity index (χ0v) is 10.5. The third kappa shape index (κ3) is 2.44. The minimum atomic E-state index is -0.0202. The fourth-order valence-corrected chi connectivity index (χ4v) is 1.69. The van der Waals surface area contributed by atoms with E-state index in [2.05, 4.69) is 12.6 Å². The van der Waals surface area contributed by atoms with Crippen molar-refractivity contribution in [1.29, 1.82) is 0 Å². The maximum absolute atomic E-state index is 11.2. The Labute approximate surface area is 98.4 Å². The second-order valence-electron chi connectivity index (χ2n) is 3.35. The van der Waals surface area contributed by atoms with Gasteiger partial charge in [0.15, 0.2) is 3.79 Å². The van der Waals surface area contributed by atoms with E-state index in [1.54, 1.807) is 0 Å². The molecule has 14 heavy (non-hydrogen) atoms. The van der Waals surface area contributed by atoms with Crippen molar-refractivity contribution in [2.45, 2.75) is 19.8 Å². The maximum atomic E-state index is 11.2. The highest BCUT2D eigenvalue weighted by Crippen LogP contribution is 2.22. The van der Waals surface area contributed by atoms with Gasteiger partial charge in [-0.3, -0.25) is 4.79 Å². The Balaban J connectivity index is 3.08. The molecule has 0 saturated carbocycles. The Kier molecular flexibility index (Phi) is 3.86. The first-order chi connectivity index (χ1) is 6.56. The van der Waals surface area contributed by atoms with Gasteiger partial charge in [0.2, 0.25) is 0 Å². The molecule has 0 saturated heterocycles. The van der Waals surface area contributed by atoms with Crippen LogP contribution in [0.2, 0.25) is 0 Å². The van der Waals surface area contributed by atoms with Gasteiger partial charge in [-0.05, 0) is 23.6 Å². The van der Waals surface area contributed by atoms with E-state index < -0.39 is 0 Å². The van der Waals surface area contributed by atoms with E-state index in [1.807, 2.05) is 54.6 Å². The third-order valence-electron chi connectivity index (χ3n) is 2.35. The van der Waals surface area contributed by atoms with Crippen molar-refractivity contribution in [3.05, 3.63) is 41.5 Å². The van der Waals surface area contributed by atoms with Crippen LogP contribution in [0, 0.1) is 6.92 Å². The fourth-order valence-electron chi connectivity index (χ4n) is 1.33. The molecule has 0 aliphatic heterocycles. The highest BCUT2D eigenvalue weighted by Gasteiger charge is 2.12. The molecule has 1 rings (SSSR count). The first-order valence-electron chi connectivity index (χ1n) is 4.48. The molecule has 1 nitrogen and oxygen atoms in total. The number of benzene rings is 1. The number of carbonyl (C=O) groups is 1. The molecule has 2 heteroatoms. The summed E-state index contributed by atoms with van der Waals surface area (Å²) in [5.74, 6) is -0.0202. The van der Waals surface area contributed by atoms with E-state index in [-0.39, 0.29) is 9.71 Å². The molecule has 0 unspecified atom stereocenters. The Morgan fingerprint density at radius 2 is 2.21 bits per heavy atom. The summed E-state index contributed by atoms with van der Waals surface area (Å²) >= 11 is 1.84. The first-order valence-corrected chi connectivity index (χ1v) is 5.56. The van der Waals surface area contributed by atoms with E-state index in [0.717, 1.165) is 11.1 Å². The zero-order valence-electron chi connectivity index (χ0n) is 8.38. The largest absolute Gasteiger partial charge is 0.287 e. The van der Waals surface area contributed by atoms with Crippen molar-refractivity contribution in [2.24, 2.45) is 0 Å². The molecule has 0 radical (unpaired) electrons. The zero-order chi connectivity index (χ0) is 10.7. The van der Waals surface area contributed by atoms with Crippen LogP contribution in [0.1, 0.15) is 29.5 Å². The summed E-state index contributed by atoms with van der Waals surface area (Å²) < 4.78 is 0.174. The molecular weight excluding hydrogens is 287 g/mol. The van der Waals surface area contributed by atoms with Gasteiger partial charge in [0.1, 0.15) is 0 Å². The number of carbonyl (C=O) groups excluding carboxylic acids is 1. The molecule has 0 N–H and O–H groups in total. The monoisotopic (exact) mass is 300 g/mol. The van der Waals surface area contributed by atoms with Crippen LogP contribution in [0.5, 0.6) is 0 Å². The number of halogens is 1. The summed E-state index contributed by atoms with van der Waals surface area (Å²) in [6.07, 6.45) is 1.83. The predicted molar refractivity (Wildman–Crippen MR) is 68.7 cm³/mol.